The molecule has 134 valence electrons. The number of amides is 2. The van der Waals surface area contributed by atoms with Crippen molar-refractivity contribution in [3.63, 3.8) is 0 Å². The maximum atomic E-state index is 12.5. The third kappa shape index (κ3) is 4.30. The van der Waals surface area contributed by atoms with Crippen molar-refractivity contribution in [1.82, 2.24) is 15.5 Å². The van der Waals surface area contributed by atoms with Gasteiger partial charge in [-0.05, 0) is 51.1 Å². The monoisotopic (exact) mass is 355 g/mol. The Morgan fingerprint density at radius 3 is 2.88 bits per heavy atom. The van der Waals surface area contributed by atoms with Gasteiger partial charge >= 0.3 is 0 Å². The Labute approximate surface area is 148 Å². The third-order valence-corrected chi connectivity index (χ3v) is 4.84. The third-order valence-electron chi connectivity index (χ3n) is 4.84. The Kier molecular flexibility index (Phi) is 6.69. The van der Waals surface area contributed by atoms with Crippen molar-refractivity contribution in [3.05, 3.63) is 23.7 Å². The Morgan fingerprint density at radius 2 is 2.21 bits per heavy atom. The second kappa shape index (κ2) is 8.53. The fourth-order valence-electron chi connectivity index (χ4n) is 3.47. The molecule has 2 fully saturated rings. The first-order valence-electron chi connectivity index (χ1n) is 8.49. The van der Waals surface area contributed by atoms with Gasteiger partial charge in [0.2, 0.25) is 5.91 Å². The van der Waals surface area contributed by atoms with E-state index in [1.54, 1.807) is 12.3 Å². The summed E-state index contributed by atoms with van der Waals surface area (Å²) in [5.41, 5.74) is 0.643. The van der Waals surface area contributed by atoms with Crippen LogP contribution in [0, 0.1) is 12.8 Å². The summed E-state index contributed by atoms with van der Waals surface area (Å²) < 4.78 is 5.23. The molecule has 1 aromatic heterocycles. The van der Waals surface area contributed by atoms with Crippen LogP contribution in [0.2, 0.25) is 0 Å². The molecule has 0 aliphatic carbocycles. The van der Waals surface area contributed by atoms with Crippen molar-refractivity contribution in [1.29, 1.82) is 0 Å². The standard InChI is InChI=1S/C17H25N3O3.ClH/c1-12-14(6-9-23-12)17(22)20-8-3-4-13(11-20)10-19-16(21)15-5-2-7-18-15;/h6,9,13,15,18H,2-5,7-8,10-11H2,1H3,(H,19,21);1H. The zero-order valence-electron chi connectivity index (χ0n) is 14.0. The SMILES string of the molecule is Cc1occc1C(=O)N1CCCC(CNC(=O)C2CCCN2)C1.Cl. The lowest BCUT2D eigenvalue weighted by atomic mass is 9.97. The molecule has 1 aromatic rings. The molecule has 6 nitrogen and oxygen atoms in total. The topological polar surface area (TPSA) is 74.6 Å². The van der Waals surface area contributed by atoms with Crippen molar-refractivity contribution in [2.45, 2.75) is 38.6 Å². The molecule has 0 saturated carbocycles. The van der Waals surface area contributed by atoms with E-state index in [0.717, 1.165) is 38.8 Å². The Bertz CT molecular complexity index is 569. The van der Waals surface area contributed by atoms with Crippen molar-refractivity contribution in [2.24, 2.45) is 5.92 Å². The summed E-state index contributed by atoms with van der Waals surface area (Å²) >= 11 is 0. The van der Waals surface area contributed by atoms with Crippen molar-refractivity contribution >= 4 is 24.2 Å². The molecule has 0 radical (unpaired) electrons. The summed E-state index contributed by atoms with van der Waals surface area (Å²) in [5, 5.41) is 6.25. The first-order valence-corrected chi connectivity index (χ1v) is 8.49. The van der Waals surface area contributed by atoms with Crippen molar-refractivity contribution < 1.29 is 14.0 Å². The molecule has 3 heterocycles. The highest BCUT2D eigenvalue weighted by Gasteiger charge is 2.27. The van der Waals surface area contributed by atoms with E-state index in [0.29, 0.717) is 30.3 Å². The van der Waals surface area contributed by atoms with E-state index < -0.39 is 0 Å². The van der Waals surface area contributed by atoms with Crippen LogP contribution in [-0.4, -0.2) is 48.9 Å². The number of rotatable bonds is 4. The molecule has 2 unspecified atom stereocenters. The summed E-state index contributed by atoms with van der Waals surface area (Å²) in [4.78, 5) is 26.5. The molecule has 2 saturated heterocycles. The summed E-state index contributed by atoms with van der Waals surface area (Å²) in [6.07, 6.45) is 5.56. The summed E-state index contributed by atoms with van der Waals surface area (Å²) in [6, 6.07) is 1.69. The summed E-state index contributed by atoms with van der Waals surface area (Å²) in [7, 11) is 0. The van der Waals surface area contributed by atoms with Gasteiger partial charge in [-0.15, -0.1) is 12.4 Å². The van der Waals surface area contributed by atoms with Crippen LogP contribution in [0.5, 0.6) is 0 Å². The lowest BCUT2D eigenvalue weighted by Gasteiger charge is -2.33. The molecule has 3 rings (SSSR count). The van der Waals surface area contributed by atoms with Crippen LogP contribution in [0.15, 0.2) is 16.7 Å². The molecular weight excluding hydrogens is 330 g/mol. The minimum atomic E-state index is -0.0371. The zero-order chi connectivity index (χ0) is 16.2. The molecule has 2 amide bonds. The summed E-state index contributed by atoms with van der Waals surface area (Å²) in [5.74, 6) is 1.12. The molecule has 2 N–H and O–H groups in total. The minimum absolute atomic E-state index is 0. The van der Waals surface area contributed by atoms with E-state index >= 15 is 0 Å². The average Bonchev–Trinajstić information content (AvgIpc) is 3.23. The van der Waals surface area contributed by atoms with Gasteiger partial charge < -0.3 is 20.0 Å². The van der Waals surface area contributed by atoms with Crippen molar-refractivity contribution in [2.75, 3.05) is 26.2 Å². The fourth-order valence-corrected chi connectivity index (χ4v) is 3.47. The van der Waals surface area contributed by atoms with Crippen LogP contribution < -0.4 is 10.6 Å². The van der Waals surface area contributed by atoms with Crippen LogP contribution in [0.4, 0.5) is 0 Å². The number of nitrogens with zero attached hydrogens (tertiary/aromatic N) is 1. The van der Waals surface area contributed by atoms with E-state index in [1.165, 1.54) is 0 Å². The van der Waals surface area contributed by atoms with Crippen LogP contribution >= 0.6 is 12.4 Å². The van der Waals surface area contributed by atoms with Crippen LogP contribution in [0.1, 0.15) is 41.8 Å². The smallest absolute Gasteiger partial charge is 0.257 e. The van der Waals surface area contributed by atoms with Gasteiger partial charge in [0.1, 0.15) is 5.76 Å². The average molecular weight is 356 g/mol. The van der Waals surface area contributed by atoms with Gasteiger partial charge in [-0.1, -0.05) is 0 Å². The second-order valence-corrected chi connectivity index (χ2v) is 6.54. The molecule has 2 aliphatic heterocycles. The zero-order valence-corrected chi connectivity index (χ0v) is 14.9. The summed E-state index contributed by atoms with van der Waals surface area (Å²) in [6.45, 7) is 4.85. The lowest BCUT2D eigenvalue weighted by Crippen LogP contribution is -2.46. The highest BCUT2D eigenvalue weighted by Crippen LogP contribution is 2.20. The quantitative estimate of drug-likeness (QED) is 0.862. The maximum Gasteiger partial charge on any atom is 0.257 e. The van der Waals surface area contributed by atoms with E-state index in [9.17, 15) is 9.59 Å². The number of piperidine rings is 1. The lowest BCUT2D eigenvalue weighted by molar-refractivity contribution is -0.123. The number of hydrogen-bond acceptors (Lipinski definition) is 4. The molecular formula is C17H26ClN3O3. The predicted octanol–water partition coefficient (Wildman–Crippen LogP) is 1.73. The Balaban J connectivity index is 0.00000208. The molecule has 0 bridgehead atoms. The number of halogens is 1. The molecule has 2 atom stereocenters. The van der Waals surface area contributed by atoms with Gasteiger partial charge in [0.05, 0.1) is 17.9 Å². The predicted molar refractivity (Wildman–Crippen MR) is 93.4 cm³/mol. The van der Waals surface area contributed by atoms with Gasteiger partial charge in [-0.25, -0.2) is 0 Å². The molecule has 0 aromatic carbocycles. The molecule has 24 heavy (non-hydrogen) atoms. The Morgan fingerprint density at radius 1 is 1.38 bits per heavy atom. The number of nitrogens with one attached hydrogen (secondary N) is 2. The van der Waals surface area contributed by atoms with Gasteiger partial charge in [0, 0.05) is 19.6 Å². The van der Waals surface area contributed by atoms with E-state index in [1.807, 2.05) is 11.8 Å². The number of likely N-dealkylation sites (tertiary alicyclic amines) is 1. The first-order chi connectivity index (χ1) is 11.1. The van der Waals surface area contributed by atoms with Gasteiger partial charge in [0.25, 0.3) is 5.91 Å². The number of carbonyl (C=O) groups is 2. The minimum Gasteiger partial charge on any atom is -0.469 e. The van der Waals surface area contributed by atoms with Gasteiger partial charge in [-0.3, -0.25) is 9.59 Å². The normalized spacial score (nSPS) is 23.6. The first kappa shape index (κ1) is 18.8. The highest BCUT2D eigenvalue weighted by molar-refractivity contribution is 5.95. The maximum absolute atomic E-state index is 12.5. The van der Waals surface area contributed by atoms with Crippen molar-refractivity contribution in [3.8, 4) is 0 Å². The highest BCUT2D eigenvalue weighted by atomic mass is 35.5. The van der Waals surface area contributed by atoms with E-state index in [4.69, 9.17) is 4.42 Å². The second-order valence-electron chi connectivity index (χ2n) is 6.54. The largest absolute Gasteiger partial charge is 0.469 e. The Hall–Kier alpha value is -1.53. The fraction of sp³-hybridized carbons (Fsp3) is 0.647. The number of furan rings is 1. The molecule has 7 heteroatoms. The number of aryl methyl sites for hydroxylation is 1. The van der Waals surface area contributed by atoms with E-state index in [-0.39, 0.29) is 30.3 Å². The number of carbonyl (C=O) groups excluding carboxylic acids is 2. The molecule has 2 aliphatic rings. The molecule has 0 spiro atoms. The van der Waals surface area contributed by atoms with Crippen LogP contribution in [-0.2, 0) is 4.79 Å². The van der Waals surface area contributed by atoms with Crippen LogP contribution in [0.3, 0.4) is 0 Å². The van der Waals surface area contributed by atoms with Crippen LogP contribution in [0.25, 0.3) is 0 Å². The van der Waals surface area contributed by atoms with Gasteiger partial charge in [-0.2, -0.15) is 0 Å². The van der Waals surface area contributed by atoms with Gasteiger partial charge in [0.15, 0.2) is 0 Å². The van der Waals surface area contributed by atoms with E-state index in [2.05, 4.69) is 10.6 Å². The number of hydrogen-bond donors (Lipinski definition) is 2.